The smallest absolute Gasteiger partial charge is 0.263 e. The van der Waals surface area contributed by atoms with Gasteiger partial charge < -0.3 is 0 Å². The van der Waals surface area contributed by atoms with Crippen molar-refractivity contribution in [1.29, 1.82) is 0 Å². The summed E-state index contributed by atoms with van der Waals surface area (Å²) >= 11 is 0. The summed E-state index contributed by atoms with van der Waals surface area (Å²) in [4.78, 5) is 22.4. The summed E-state index contributed by atoms with van der Waals surface area (Å²) in [5.41, 5.74) is 4.20. The Morgan fingerprint density at radius 1 is 0.727 bits per heavy atom. The van der Waals surface area contributed by atoms with Gasteiger partial charge in [0.25, 0.3) is 5.56 Å². The second kappa shape index (κ2) is 7.24. The average molecular weight is 425 g/mol. The maximum absolute atomic E-state index is 13.6. The van der Waals surface area contributed by atoms with Crippen LogP contribution in [0, 0.1) is 0 Å². The predicted octanol–water partition coefficient (Wildman–Crippen LogP) is 6.53. The molecule has 0 saturated heterocycles. The number of benzene rings is 3. The van der Waals surface area contributed by atoms with Crippen LogP contribution in [-0.2, 0) is 0 Å². The van der Waals surface area contributed by atoms with Crippen molar-refractivity contribution in [3.05, 3.63) is 114 Å². The third-order valence-electron chi connectivity index (χ3n) is 6.29. The lowest BCUT2D eigenvalue weighted by Gasteiger charge is -2.16. The van der Waals surface area contributed by atoms with Crippen molar-refractivity contribution < 1.29 is 0 Å². The van der Waals surface area contributed by atoms with Gasteiger partial charge in [0.1, 0.15) is 0 Å². The lowest BCUT2D eigenvalue weighted by molar-refractivity contribution is 1.06. The SMILES string of the molecule is C=Cc1c(C=C)c2cc(-n3c(=O)c4ccncc4c4ncccc43)ccc2c2ccccc12. The van der Waals surface area contributed by atoms with Gasteiger partial charge in [0.2, 0.25) is 0 Å². The van der Waals surface area contributed by atoms with Crippen molar-refractivity contribution in [3.8, 4) is 5.69 Å². The van der Waals surface area contributed by atoms with Gasteiger partial charge in [-0.1, -0.05) is 55.6 Å². The van der Waals surface area contributed by atoms with Gasteiger partial charge in [-0.05, 0) is 63.0 Å². The summed E-state index contributed by atoms with van der Waals surface area (Å²) < 4.78 is 1.74. The lowest BCUT2D eigenvalue weighted by Crippen LogP contribution is -2.19. The molecular formula is C29H19N3O. The summed E-state index contributed by atoms with van der Waals surface area (Å²) in [6, 6.07) is 20.0. The van der Waals surface area contributed by atoms with Gasteiger partial charge in [-0.3, -0.25) is 19.3 Å². The zero-order valence-electron chi connectivity index (χ0n) is 17.8. The molecule has 0 N–H and O–H groups in total. The maximum atomic E-state index is 13.6. The minimum atomic E-state index is -0.0999. The number of rotatable bonds is 3. The van der Waals surface area contributed by atoms with Crippen molar-refractivity contribution in [2.75, 3.05) is 0 Å². The Kier molecular flexibility index (Phi) is 4.20. The molecule has 0 saturated carbocycles. The highest BCUT2D eigenvalue weighted by Gasteiger charge is 2.16. The molecule has 0 atom stereocenters. The van der Waals surface area contributed by atoms with Crippen LogP contribution in [0.25, 0.3) is 61.2 Å². The van der Waals surface area contributed by atoms with E-state index in [1.54, 1.807) is 29.2 Å². The predicted molar refractivity (Wildman–Crippen MR) is 138 cm³/mol. The standard InChI is InChI=1S/C29H19N3O/c1-3-19-20(4-2)25-16-18(11-12-23(25)22-9-6-5-8-21(19)22)32-27-10-7-14-31-28(27)26-17-30-15-13-24(26)29(32)33/h3-17H,1-2H2. The zero-order valence-corrected chi connectivity index (χ0v) is 17.8. The summed E-state index contributed by atoms with van der Waals surface area (Å²) in [6.45, 7) is 8.12. The van der Waals surface area contributed by atoms with Gasteiger partial charge in [0.05, 0.1) is 16.4 Å². The van der Waals surface area contributed by atoms with Gasteiger partial charge in [0, 0.05) is 29.7 Å². The minimum Gasteiger partial charge on any atom is -0.275 e. The Hall–Kier alpha value is -4.57. The second-order valence-electron chi connectivity index (χ2n) is 7.94. The Labute approximate surface area is 189 Å². The van der Waals surface area contributed by atoms with Crippen LogP contribution in [0.3, 0.4) is 0 Å². The van der Waals surface area contributed by atoms with E-state index in [2.05, 4.69) is 47.4 Å². The fourth-order valence-electron chi connectivity index (χ4n) is 4.85. The number of aromatic nitrogens is 3. The topological polar surface area (TPSA) is 47.8 Å². The van der Waals surface area contributed by atoms with E-state index in [1.807, 2.05) is 42.5 Å². The molecule has 0 fully saturated rings. The fourth-order valence-corrected chi connectivity index (χ4v) is 4.85. The summed E-state index contributed by atoms with van der Waals surface area (Å²) in [5.74, 6) is 0. The van der Waals surface area contributed by atoms with Crippen molar-refractivity contribution in [3.63, 3.8) is 0 Å². The zero-order chi connectivity index (χ0) is 22.5. The van der Waals surface area contributed by atoms with Crippen LogP contribution in [0.15, 0.2) is 97.2 Å². The maximum Gasteiger partial charge on any atom is 0.263 e. The average Bonchev–Trinajstić information content (AvgIpc) is 2.88. The van der Waals surface area contributed by atoms with Gasteiger partial charge in [-0.25, -0.2) is 0 Å². The van der Waals surface area contributed by atoms with Crippen molar-refractivity contribution >= 4 is 55.5 Å². The molecule has 0 aliphatic rings. The molecule has 4 heteroatoms. The third kappa shape index (κ3) is 2.68. The first-order valence-corrected chi connectivity index (χ1v) is 10.7. The van der Waals surface area contributed by atoms with Crippen LogP contribution < -0.4 is 5.56 Å². The van der Waals surface area contributed by atoms with Crippen LogP contribution in [0.4, 0.5) is 0 Å². The van der Waals surface area contributed by atoms with E-state index >= 15 is 0 Å². The highest BCUT2D eigenvalue weighted by atomic mass is 16.1. The van der Waals surface area contributed by atoms with E-state index in [0.717, 1.165) is 54.8 Å². The molecule has 3 aromatic carbocycles. The molecule has 0 amide bonds. The van der Waals surface area contributed by atoms with Gasteiger partial charge in [-0.2, -0.15) is 0 Å². The Bertz CT molecular complexity index is 1830. The van der Waals surface area contributed by atoms with Crippen LogP contribution >= 0.6 is 0 Å². The molecular weight excluding hydrogens is 406 g/mol. The molecule has 0 radical (unpaired) electrons. The Morgan fingerprint density at radius 3 is 2.30 bits per heavy atom. The van der Waals surface area contributed by atoms with Crippen LogP contribution in [0.1, 0.15) is 11.1 Å². The number of nitrogens with zero attached hydrogens (tertiary/aromatic N) is 3. The molecule has 4 nitrogen and oxygen atoms in total. The highest BCUT2D eigenvalue weighted by Crippen LogP contribution is 2.36. The van der Waals surface area contributed by atoms with E-state index in [0.29, 0.717) is 5.39 Å². The molecule has 3 aromatic heterocycles. The minimum absolute atomic E-state index is 0.0999. The second-order valence-corrected chi connectivity index (χ2v) is 7.94. The molecule has 6 aromatic rings. The molecule has 3 heterocycles. The van der Waals surface area contributed by atoms with Crippen LogP contribution in [0.5, 0.6) is 0 Å². The molecule has 156 valence electrons. The summed E-state index contributed by atoms with van der Waals surface area (Å²) in [5, 5.41) is 5.74. The number of pyridine rings is 3. The van der Waals surface area contributed by atoms with Crippen LogP contribution in [0.2, 0.25) is 0 Å². The quantitative estimate of drug-likeness (QED) is 0.303. The van der Waals surface area contributed by atoms with E-state index in [9.17, 15) is 4.79 Å². The lowest BCUT2D eigenvalue weighted by atomic mass is 9.91. The molecule has 0 bridgehead atoms. The van der Waals surface area contributed by atoms with E-state index < -0.39 is 0 Å². The van der Waals surface area contributed by atoms with Crippen molar-refractivity contribution in [2.24, 2.45) is 0 Å². The fraction of sp³-hybridized carbons (Fsp3) is 0. The Balaban J connectivity index is 1.79. The van der Waals surface area contributed by atoms with Crippen LogP contribution in [-0.4, -0.2) is 14.5 Å². The molecule has 0 aliphatic heterocycles. The molecule has 0 spiro atoms. The van der Waals surface area contributed by atoms with E-state index in [1.165, 1.54) is 0 Å². The van der Waals surface area contributed by atoms with Gasteiger partial charge in [0.15, 0.2) is 0 Å². The van der Waals surface area contributed by atoms with E-state index in [4.69, 9.17) is 0 Å². The molecule has 6 rings (SSSR count). The molecule has 0 unspecified atom stereocenters. The normalized spacial score (nSPS) is 11.4. The van der Waals surface area contributed by atoms with Gasteiger partial charge in [-0.15, -0.1) is 0 Å². The first-order chi connectivity index (χ1) is 16.2. The van der Waals surface area contributed by atoms with Crippen molar-refractivity contribution in [1.82, 2.24) is 14.5 Å². The van der Waals surface area contributed by atoms with Crippen molar-refractivity contribution in [2.45, 2.75) is 0 Å². The monoisotopic (exact) mass is 425 g/mol. The molecule has 33 heavy (non-hydrogen) atoms. The third-order valence-corrected chi connectivity index (χ3v) is 6.29. The number of hydrogen-bond donors (Lipinski definition) is 0. The summed E-state index contributed by atoms with van der Waals surface area (Å²) in [7, 11) is 0. The first kappa shape index (κ1) is 19.1. The van der Waals surface area contributed by atoms with E-state index in [-0.39, 0.29) is 5.56 Å². The number of fused-ring (bicyclic) bond motifs is 6. The van der Waals surface area contributed by atoms with Gasteiger partial charge >= 0.3 is 0 Å². The first-order valence-electron chi connectivity index (χ1n) is 10.7. The largest absolute Gasteiger partial charge is 0.275 e. The molecule has 0 aliphatic carbocycles. The Morgan fingerprint density at radius 2 is 1.48 bits per heavy atom. The summed E-state index contributed by atoms with van der Waals surface area (Å²) in [6.07, 6.45) is 8.82. The number of hydrogen-bond acceptors (Lipinski definition) is 3. The highest BCUT2D eigenvalue weighted by molar-refractivity contribution is 6.15.